The van der Waals surface area contributed by atoms with Gasteiger partial charge in [0.1, 0.15) is 0 Å². The molecule has 0 spiro atoms. The smallest absolute Gasteiger partial charge is 0.278 e. The monoisotopic (exact) mass is 282 g/mol. The molecule has 0 unspecified atom stereocenters. The van der Waals surface area contributed by atoms with E-state index in [1.807, 2.05) is 35.4 Å². The van der Waals surface area contributed by atoms with Crippen LogP contribution in [0.15, 0.2) is 43.0 Å². The molecular weight excluding hydrogens is 268 g/mol. The summed E-state index contributed by atoms with van der Waals surface area (Å²) in [5.41, 5.74) is 2.18. The summed E-state index contributed by atoms with van der Waals surface area (Å²) in [6.07, 6.45) is 8.08. The second kappa shape index (κ2) is 4.44. The highest BCUT2D eigenvalue weighted by molar-refractivity contribution is 5.89. The Morgan fingerprint density at radius 3 is 2.95 bits per heavy atom. The standard InChI is InChI=1S/C15H14N4O2/c20-19(21)15-3-1-2-14-13(15)6-7-17(14)9-12-8-16-10-18(12)11-4-5-11/h1-3,6-8,10-11H,4-5,9H2. The largest absolute Gasteiger partial charge is 0.341 e. The van der Waals surface area contributed by atoms with E-state index in [0.29, 0.717) is 18.0 Å². The fourth-order valence-electron chi connectivity index (χ4n) is 2.81. The molecule has 21 heavy (non-hydrogen) atoms. The molecule has 2 aromatic heterocycles. The molecule has 0 bridgehead atoms. The lowest BCUT2D eigenvalue weighted by Gasteiger charge is -2.08. The van der Waals surface area contributed by atoms with Crippen LogP contribution in [0.1, 0.15) is 24.6 Å². The Morgan fingerprint density at radius 2 is 2.19 bits per heavy atom. The number of aromatic nitrogens is 3. The number of hydrogen-bond donors (Lipinski definition) is 0. The number of hydrogen-bond acceptors (Lipinski definition) is 3. The lowest BCUT2D eigenvalue weighted by Crippen LogP contribution is -2.05. The van der Waals surface area contributed by atoms with Crippen LogP contribution >= 0.6 is 0 Å². The number of imidazole rings is 1. The summed E-state index contributed by atoms with van der Waals surface area (Å²) in [5, 5.41) is 11.8. The van der Waals surface area contributed by atoms with Gasteiger partial charge in [-0.2, -0.15) is 0 Å². The summed E-state index contributed by atoms with van der Waals surface area (Å²) >= 11 is 0. The van der Waals surface area contributed by atoms with Gasteiger partial charge in [0.15, 0.2) is 0 Å². The van der Waals surface area contributed by atoms with Crippen LogP contribution in [-0.2, 0) is 6.54 Å². The van der Waals surface area contributed by atoms with E-state index >= 15 is 0 Å². The minimum atomic E-state index is -0.332. The number of benzene rings is 1. The van der Waals surface area contributed by atoms with E-state index in [-0.39, 0.29) is 10.6 Å². The average molecular weight is 282 g/mol. The van der Waals surface area contributed by atoms with E-state index in [1.54, 1.807) is 12.1 Å². The summed E-state index contributed by atoms with van der Waals surface area (Å²) in [7, 11) is 0. The first kappa shape index (κ1) is 12.1. The molecule has 0 aliphatic heterocycles. The lowest BCUT2D eigenvalue weighted by molar-refractivity contribution is -0.383. The van der Waals surface area contributed by atoms with Crippen molar-refractivity contribution >= 4 is 16.6 Å². The predicted octanol–water partition coefficient (Wildman–Crippen LogP) is 3.13. The van der Waals surface area contributed by atoms with Gasteiger partial charge >= 0.3 is 0 Å². The highest BCUT2D eigenvalue weighted by atomic mass is 16.6. The van der Waals surface area contributed by atoms with Crippen molar-refractivity contribution in [3.8, 4) is 0 Å². The molecule has 1 aromatic carbocycles. The summed E-state index contributed by atoms with van der Waals surface area (Å²) in [4.78, 5) is 15.0. The van der Waals surface area contributed by atoms with Crippen molar-refractivity contribution in [1.82, 2.24) is 14.1 Å². The minimum Gasteiger partial charge on any atom is -0.341 e. The molecule has 1 aliphatic carbocycles. The van der Waals surface area contributed by atoms with Gasteiger partial charge in [0.25, 0.3) is 5.69 Å². The van der Waals surface area contributed by atoms with Crippen molar-refractivity contribution in [2.45, 2.75) is 25.4 Å². The Bertz CT molecular complexity index is 829. The molecule has 0 atom stereocenters. The molecule has 0 amide bonds. The third-order valence-corrected chi connectivity index (χ3v) is 4.01. The molecule has 0 N–H and O–H groups in total. The first-order valence-corrected chi connectivity index (χ1v) is 6.97. The van der Waals surface area contributed by atoms with Crippen LogP contribution in [0, 0.1) is 10.1 Å². The quantitative estimate of drug-likeness (QED) is 0.545. The highest BCUT2D eigenvalue weighted by Gasteiger charge is 2.25. The Hall–Kier alpha value is -2.63. The van der Waals surface area contributed by atoms with E-state index in [1.165, 1.54) is 12.8 Å². The molecule has 3 aromatic rings. The molecule has 0 saturated heterocycles. The molecule has 6 heteroatoms. The van der Waals surface area contributed by atoms with Crippen molar-refractivity contribution in [2.24, 2.45) is 0 Å². The van der Waals surface area contributed by atoms with Gasteiger partial charge in [-0.3, -0.25) is 10.1 Å². The molecule has 6 nitrogen and oxygen atoms in total. The molecule has 106 valence electrons. The number of nitro groups is 1. The third kappa shape index (κ3) is 1.99. The SMILES string of the molecule is O=[N+]([O-])c1cccc2c1ccn2Cc1cncn1C1CC1. The van der Waals surface area contributed by atoms with Crippen LogP contribution in [-0.4, -0.2) is 19.0 Å². The molecular formula is C15H14N4O2. The van der Waals surface area contributed by atoms with Crippen molar-refractivity contribution in [2.75, 3.05) is 0 Å². The Kier molecular flexibility index (Phi) is 2.57. The van der Waals surface area contributed by atoms with Crippen molar-refractivity contribution in [1.29, 1.82) is 0 Å². The minimum absolute atomic E-state index is 0.155. The van der Waals surface area contributed by atoms with E-state index in [0.717, 1.165) is 11.2 Å². The topological polar surface area (TPSA) is 65.9 Å². The first-order valence-electron chi connectivity index (χ1n) is 6.97. The van der Waals surface area contributed by atoms with Crippen molar-refractivity contribution in [3.05, 3.63) is 58.8 Å². The third-order valence-electron chi connectivity index (χ3n) is 4.01. The van der Waals surface area contributed by atoms with Crippen LogP contribution in [0.5, 0.6) is 0 Å². The number of non-ortho nitro benzene ring substituents is 1. The van der Waals surface area contributed by atoms with Gasteiger partial charge in [-0.25, -0.2) is 4.98 Å². The van der Waals surface area contributed by atoms with E-state index in [4.69, 9.17) is 0 Å². The number of nitrogens with zero attached hydrogens (tertiary/aromatic N) is 4. The summed E-state index contributed by atoms with van der Waals surface area (Å²) in [6, 6.07) is 7.58. The second-order valence-corrected chi connectivity index (χ2v) is 5.43. The second-order valence-electron chi connectivity index (χ2n) is 5.43. The first-order chi connectivity index (χ1) is 10.2. The van der Waals surface area contributed by atoms with Gasteiger partial charge in [-0.15, -0.1) is 0 Å². The zero-order valence-corrected chi connectivity index (χ0v) is 11.3. The summed E-state index contributed by atoms with van der Waals surface area (Å²) in [6.45, 7) is 0.682. The van der Waals surface area contributed by atoms with E-state index in [2.05, 4.69) is 9.55 Å². The molecule has 1 fully saturated rings. The van der Waals surface area contributed by atoms with Gasteiger partial charge in [0.05, 0.1) is 34.4 Å². The molecule has 4 rings (SSSR count). The molecule has 2 heterocycles. The van der Waals surface area contributed by atoms with Crippen LogP contribution in [0.4, 0.5) is 5.69 Å². The van der Waals surface area contributed by atoms with Gasteiger partial charge < -0.3 is 9.13 Å². The number of nitro benzene ring substituents is 1. The van der Waals surface area contributed by atoms with Crippen LogP contribution in [0.2, 0.25) is 0 Å². The summed E-state index contributed by atoms with van der Waals surface area (Å²) < 4.78 is 4.25. The Balaban J connectivity index is 1.75. The van der Waals surface area contributed by atoms with Crippen LogP contribution in [0.3, 0.4) is 0 Å². The fraction of sp³-hybridized carbons (Fsp3) is 0.267. The maximum atomic E-state index is 11.1. The molecule has 1 saturated carbocycles. The van der Waals surface area contributed by atoms with Gasteiger partial charge in [-0.05, 0) is 25.0 Å². The van der Waals surface area contributed by atoms with Gasteiger partial charge in [0.2, 0.25) is 0 Å². The van der Waals surface area contributed by atoms with E-state index < -0.39 is 0 Å². The zero-order chi connectivity index (χ0) is 14.4. The highest BCUT2D eigenvalue weighted by Crippen LogP contribution is 2.36. The van der Waals surface area contributed by atoms with Crippen LogP contribution in [0.25, 0.3) is 10.9 Å². The predicted molar refractivity (Wildman–Crippen MR) is 78.2 cm³/mol. The molecule has 0 radical (unpaired) electrons. The molecule has 1 aliphatic rings. The maximum absolute atomic E-state index is 11.1. The van der Waals surface area contributed by atoms with Gasteiger partial charge in [-0.1, -0.05) is 6.07 Å². The van der Waals surface area contributed by atoms with Crippen LogP contribution < -0.4 is 0 Å². The maximum Gasteiger partial charge on any atom is 0.278 e. The van der Waals surface area contributed by atoms with Gasteiger partial charge in [0, 0.05) is 24.5 Å². The number of rotatable bonds is 4. The number of fused-ring (bicyclic) bond motifs is 1. The van der Waals surface area contributed by atoms with Crippen molar-refractivity contribution in [3.63, 3.8) is 0 Å². The fourth-order valence-corrected chi connectivity index (χ4v) is 2.81. The van der Waals surface area contributed by atoms with E-state index in [9.17, 15) is 10.1 Å². The van der Waals surface area contributed by atoms with Crippen molar-refractivity contribution < 1.29 is 4.92 Å². The normalized spacial score (nSPS) is 14.7. The Morgan fingerprint density at radius 1 is 1.33 bits per heavy atom. The lowest BCUT2D eigenvalue weighted by atomic mass is 10.2. The Labute approximate surface area is 120 Å². The zero-order valence-electron chi connectivity index (χ0n) is 11.3. The summed E-state index contributed by atoms with van der Waals surface area (Å²) in [5.74, 6) is 0. The average Bonchev–Trinajstić information content (AvgIpc) is 3.08.